The van der Waals surface area contributed by atoms with Gasteiger partial charge in [0, 0.05) is 6.54 Å². The highest BCUT2D eigenvalue weighted by molar-refractivity contribution is 7.92. The molecule has 3 heterocycles. The van der Waals surface area contributed by atoms with E-state index in [1.54, 1.807) is 24.3 Å². The zero-order chi connectivity index (χ0) is 22.6. The third kappa shape index (κ3) is 3.32. The number of sulfonamides is 1. The second-order valence-electron chi connectivity index (χ2n) is 8.05. The largest absolute Gasteiger partial charge is 0.454 e. The molecule has 3 aromatic carbocycles. The smallest absolute Gasteiger partial charge is 0.267 e. The van der Waals surface area contributed by atoms with Crippen LogP contribution in [0.15, 0.2) is 71.6 Å². The van der Waals surface area contributed by atoms with Gasteiger partial charge >= 0.3 is 0 Å². The molecule has 0 bridgehead atoms. The molecule has 0 radical (unpaired) electrons. The molecule has 0 saturated carbocycles. The molecule has 166 valence electrons. The number of aromatic nitrogens is 2. The van der Waals surface area contributed by atoms with Gasteiger partial charge in [0.1, 0.15) is 6.67 Å². The first-order valence-corrected chi connectivity index (χ1v) is 11.9. The van der Waals surface area contributed by atoms with Gasteiger partial charge in [0.2, 0.25) is 6.79 Å². The summed E-state index contributed by atoms with van der Waals surface area (Å²) < 4.78 is 39.4. The Balaban J connectivity index is 1.44. The molecule has 8 nitrogen and oxygen atoms in total. The quantitative estimate of drug-likeness (QED) is 0.457. The van der Waals surface area contributed by atoms with Crippen LogP contribution in [0.3, 0.4) is 0 Å². The zero-order valence-corrected chi connectivity index (χ0v) is 18.6. The maximum absolute atomic E-state index is 13.6. The van der Waals surface area contributed by atoms with Gasteiger partial charge in [0.25, 0.3) is 10.0 Å². The number of fused-ring (bicyclic) bond motifs is 3. The number of hydrogen-bond acceptors (Lipinski definition) is 7. The lowest BCUT2D eigenvalue weighted by Gasteiger charge is -2.21. The van der Waals surface area contributed by atoms with Gasteiger partial charge in [-0.25, -0.2) is 22.7 Å². The fraction of sp³-hybridized carbons (Fsp3) is 0.167. The molecule has 2 aliphatic rings. The van der Waals surface area contributed by atoms with Gasteiger partial charge < -0.3 is 14.4 Å². The van der Waals surface area contributed by atoms with E-state index in [1.165, 1.54) is 4.31 Å². The van der Waals surface area contributed by atoms with E-state index in [9.17, 15) is 8.42 Å². The summed E-state index contributed by atoms with van der Waals surface area (Å²) >= 11 is 0. The Kier molecular flexibility index (Phi) is 4.41. The number of aryl methyl sites for hydroxylation is 1. The number of anilines is 2. The molecule has 0 saturated heterocycles. The maximum atomic E-state index is 13.6. The van der Waals surface area contributed by atoms with Crippen LogP contribution in [0.25, 0.3) is 11.0 Å². The van der Waals surface area contributed by atoms with Crippen molar-refractivity contribution < 1.29 is 17.9 Å². The second kappa shape index (κ2) is 7.35. The molecular weight excluding hydrogens is 440 g/mol. The van der Waals surface area contributed by atoms with Gasteiger partial charge in [-0.2, -0.15) is 0 Å². The van der Waals surface area contributed by atoms with E-state index < -0.39 is 10.0 Å². The van der Waals surface area contributed by atoms with Crippen LogP contribution in [-0.4, -0.2) is 31.8 Å². The summed E-state index contributed by atoms with van der Waals surface area (Å²) in [4.78, 5) is 11.6. The van der Waals surface area contributed by atoms with Gasteiger partial charge in [0.05, 0.1) is 15.9 Å². The van der Waals surface area contributed by atoms with Crippen LogP contribution in [0.5, 0.6) is 11.5 Å². The highest BCUT2D eigenvalue weighted by atomic mass is 32.2. The normalized spacial score (nSPS) is 14.7. The summed E-state index contributed by atoms with van der Waals surface area (Å²) in [5.41, 5.74) is 3.30. The van der Waals surface area contributed by atoms with Crippen molar-refractivity contribution in [3.63, 3.8) is 0 Å². The summed E-state index contributed by atoms with van der Waals surface area (Å²) in [6.45, 7) is 2.67. The summed E-state index contributed by atoms with van der Waals surface area (Å²) in [5, 5.41) is 0. The third-order valence-electron chi connectivity index (χ3n) is 5.79. The van der Waals surface area contributed by atoms with Gasteiger partial charge in [-0.3, -0.25) is 0 Å². The topological polar surface area (TPSA) is 84.9 Å². The van der Waals surface area contributed by atoms with Gasteiger partial charge in [-0.15, -0.1) is 0 Å². The standard InChI is InChI=1S/C24H20N4O4S/c1-16-6-9-18(10-7-16)33(29,30)28-14-27(13-17-8-11-21-22(12-17)32-15-31-21)23-24(28)26-20-5-3-2-4-19(20)25-23/h2-12H,13-15H2,1H3. The molecule has 0 spiro atoms. The number of rotatable bonds is 4. The van der Waals surface area contributed by atoms with Crippen LogP contribution < -0.4 is 18.7 Å². The number of hydrogen-bond donors (Lipinski definition) is 0. The Hall–Kier alpha value is -3.85. The zero-order valence-electron chi connectivity index (χ0n) is 17.8. The molecule has 9 heteroatoms. The average Bonchev–Trinajstić information content (AvgIpc) is 3.42. The van der Waals surface area contributed by atoms with Crippen molar-refractivity contribution in [3.05, 3.63) is 77.9 Å². The number of benzene rings is 3. The van der Waals surface area contributed by atoms with E-state index in [4.69, 9.17) is 19.4 Å². The van der Waals surface area contributed by atoms with Crippen molar-refractivity contribution in [1.29, 1.82) is 0 Å². The molecule has 0 atom stereocenters. The first kappa shape index (κ1) is 19.8. The molecule has 2 aliphatic heterocycles. The van der Waals surface area contributed by atoms with E-state index in [0.717, 1.165) is 11.1 Å². The molecule has 0 unspecified atom stereocenters. The van der Waals surface area contributed by atoms with Crippen molar-refractivity contribution in [1.82, 2.24) is 9.97 Å². The molecule has 6 rings (SSSR count). The fourth-order valence-corrected chi connectivity index (χ4v) is 5.44. The van der Waals surface area contributed by atoms with Crippen molar-refractivity contribution in [3.8, 4) is 11.5 Å². The lowest BCUT2D eigenvalue weighted by molar-refractivity contribution is 0.174. The first-order chi connectivity index (χ1) is 16.0. The van der Waals surface area contributed by atoms with Crippen molar-refractivity contribution in [2.75, 3.05) is 22.7 Å². The molecule has 1 aromatic heterocycles. The Morgan fingerprint density at radius 1 is 0.879 bits per heavy atom. The highest BCUT2D eigenvalue weighted by Crippen LogP contribution is 2.39. The predicted molar refractivity (Wildman–Crippen MR) is 124 cm³/mol. The van der Waals surface area contributed by atoms with Crippen molar-refractivity contribution in [2.24, 2.45) is 0 Å². The van der Waals surface area contributed by atoms with E-state index in [0.29, 0.717) is 40.7 Å². The molecule has 4 aromatic rings. The van der Waals surface area contributed by atoms with Crippen molar-refractivity contribution in [2.45, 2.75) is 18.4 Å². The Bertz CT molecular complexity index is 1490. The SMILES string of the molecule is Cc1ccc(S(=O)(=O)N2CN(Cc3ccc4c(c3)OCO4)c3nc4ccccc4nc32)cc1. The highest BCUT2D eigenvalue weighted by Gasteiger charge is 2.38. The van der Waals surface area contributed by atoms with Crippen LogP contribution in [-0.2, 0) is 16.6 Å². The van der Waals surface area contributed by atoms with Crippen LogP contribution in [0.1, 0.15) is 11.1 Å². The second-order valence-corrected chi connectivity index (χ2v) is 9.92. The fourth-order valence-electron chi connectivity index (χ4n) is 4.06. The summed E-state index contributed by atoms with van der Waals surface area (Å²) in [6.07, 6.45) is 0. The average molecular weight is 461 g/mol. The predicted octanol–water partition coefficient (Wildman–Crippen LogP) is 3.84. The lowest BCUT2D eigenvalue weighted by Crippen LogP contribution is -2.35. The van der Waals surface area contributed by atoms with Crippen molar-refractivity contribution >= 4 is 32.7 Å². The van der Waals surface area contributed by atoms with E-state index in [2.05, 4.69) is 0 Å². The van der Waals surface area contributed by atoms with Gasteiger partial charge in [-0.05, 0) is 48.9 Å². The van der Waals surface area contributed by atoms with Crippen LogP contribution >= 0.6 is 0 Å². The van der Waals surface area contributed by atoms with E-state index >= 15 is 0 Å². The van der Waals surface area contributed by atoms with E-state index in [1.807, 2.05) is 54.3 Å². The minimum absolute atomic E-state index is 0.107. The minimum atomic E-state index is -3.83. The summed E-state index contributed by atoms with van der Waals surface area (Å²) in [5.74, 6) is 2.24. The van der Waals surface area contributed by atoms with E-state index in [-0.39, 0.29) is 18.4 Å². The Morgan fingerprint density at radius 2 is 1.58 bits per heavy atom. The maximum Gasteiger partial charge on any atom is 0.267 e. The number of nitrogens with zero attached hydrogens (tertiary/aromatic N) is 4. The molecular formula is C24H20N4O4S. The van der Waals surface area contributed by atoms with Gasteiger partial charge in [-0.1, -0.05) is 35.9 Å². The van der Waals surface area contributed by atoms with Crippen LogP contribution in [0.4, 0.5) is 11.6 Å². The molecule has 0 N–H and O–H groups in total. The Morgan fingerprint density at radius 3 is 2.33 bits per heavy atom. The summed E-state index contributed by atoms with van der Waals surface area (Å²) in [7, 11) is -3.83. The van der Waals surface area contributed by atoms with Crippen LogP contribution in [0, 0.1) is 6.92 Å². The minimum Gasteiger partial charge on any atom is -0.454 e. The monoisotopic (exact) mass is 460 g/mol. The Labute approximate surface area is 191 Å². The molecule has 33 heavy (non-hydrogen) atoms. The molecule has 0 fully saturated rings. The number of para-hydroxylation sites is 2. The molecule has 0 aliphatic carbocycles. The van der Waals surface area contributed by atoms with Gasteiger partial charge in [0.15, 0.2) is 23.1 Å². The first-order valence-electron chi connectivity index (χ1n) is 10.5. The summed E-state index contributed by atoms with van der Waals surface area (Å²) in [6, 6.07) is 20.0. The molecule has 0 amide bonds. The van der Waals surface area contributed by atoms with Crippen LogP contribution in [0.2, 0.25) is 0 Å². The third-order valence-corrected chi connectivity index (χ3v) is 7.53. The number of ether oxygens (including phenoxy) is 2. The lowest BCUT2D eigenvalue weighted by atomic mass is 10.2.